The van der Waals surface area contributed by atoms with Crippen LogP contribution in [-0.2, 0) is 4.79 Å². The van der Waals surface area contributed by atoms with Crippen LogP contribution in [0.2, 0.25) is 0 Å². The second-order valence-corrected chi connectivity index (χ2v) is 6.88. The Morgan fingerprint density at radius 3 is 2.38 bits per heavy atom. The quantitative estimate of drug-likeness (QED) is 0.677. The summed E-state index contributed by atoms with van der Waals surface area (Å²) in [5.41, 5.74) is 3.26. The number of benzene rings is 2. The molecular weight excluding hydrogens is 322 g/mol. The Bertz CT molecular complexity index is 746. The molecule has 0 aromatic heterocycles. The minimum Gasteiger partial charge on any atom is -0.494 e. The van der Waals surface area contributed by atoms with Crippen LogP contribution in [0.1, 0.15) is 38.7 Å². The van der Waals surface area contributed by atoms with E-state index in [1.807, 2.05) is 54.3 Å². The van der Waals surface area contributed by atoms with Gasteiger partial charge < -0.3 is 9.64 Å². The topological polar surface area (TPSA) is 29.5 Å². The van der Waals surface area contributed by atoms with Crippen molar-refractivity contribution < 1.29 is 9.53 Å². The fraction of sp³-hybridized carbons (Fsp3) is 0.348. The lowest BCUT2D eigenvalue weighted by molar-refractivity contribution is -0.124. The van der Waals surface area contributed by atoms with Crippen molar-refractivity contribution in [2.45, 2.75) is 33.1 Å². The Labute approximate surface area is 156 Å². The number of hydrogen-bond acceptors (Lipinski definition) is 2. The summed E-state index contributed by atoms with van der Waals surface area (Å²) in [6.45, 7) is 5.31. The first kappa shape index (κ1) is 18.2. The van der Waals surface area contributed by atoms with E-state index < -0.39 is 0 Å². The second-order valence-electron chi connectivity index (χ2n) is 6.88. The first-order valence-corrected chi connectivity index (χ1v) is 9.44. The van der Waals surface area contributed by atoms with Gasteiger partial charge in [0.15, 0.2) is 0 Å². The molecule has 26 heavy (non-hydrogen) atoms. The molecule has 1 aliphatic rings. The highest BCUT2D eigenvalue weighted by atomic mass is 16.5. The van der Waals surface area contributed by atoms with E-state index in [2.05, 4.69) is 25.1 Å². The maximum atomic E-state index is 13.0. The molecule has 3 heteroatoms. The molecule has 0 saturated heterocycles. The molecule has 3 rings (SSSR count). The highest BCUT2D eigenvalue weighted by molar-refractivity contribution is 5.96. The third-order valence-corrected chi connectivity index (χ3v) is 4.80. The number of carbonyl (C=O) groups is 1. The van der Waals surface area contributed by atoms with E-state index in [9.17, 15) is 4.79 Å². The van der Waals surface area contributed by atoms with E-state index in [0.29, 0.717) is 13.2 Å². The number of anilines is 1. The minimum atomic E-state index is 0.172. The van der Waals surface area contributed by atoms with Gasteiger partial charge in [-0.15, -0.1) is 0 Å². The van der Waals surface area contributed by atoms with E-state index in [0.717, 1.165) is 41.8 Å². The Hall–Kier alpha value is -2.55. The van der Waals surface area contributed by atoms with Gasteiger partial charge >= 0.3 is 0 Å². The predicted octanol–water partition coefficient (Wildman–Crippen LogP) is 5.32. The van der Waals surface area contributed by atoms with Crippen LogP contribution in [0.4, 0.5) is 5.69 Å². The first-order chi connectivity index (χ1) is 12.7. The van der Waals surface area contributed by atoms with Gasteiger partial charge in [-0.3, -0.25) is 4.79 Å². The van der Waals surface area contributed by atoms with E-state index in [1.165, 1.54) is 0 Å². The van der Waals surface area contributed by atoms with Crippen LogP contribution in [0.3, 0.4) is 0 Å². The number of nitrogens with zero attached hydrogens (tertiary/aromatic N) is 1. The Morgan fingerprint density at radius 1 is 1.12 bits per heavy atom. The lowest BCUT2D eigenvalue weighted by atomic mass is 9.84. The molecular formula is C23H27NO2. The van der Waals surface area contributed by atoms with Gasteiger partial charge in [0.1, 0.15) is 5.75 Å². The van der Waals surface area contributed by atoms with E-state index >= 15 is 0 Å². The summed E-state index contributed by atoms with van der Waals surface area (Å²) in [7, 11) is 0. The molecule has 136 valence electrons. The molecule has 0 unspecified atom stereocenters. The van der Waals surface area contributed by atoms with Gasteiger partial charge in [0.25, 0.3) is 0 Å². The number of rotatable bonds is 7. The first-order valence-electron chi connectivity index (χ1n) is 9.44. The van der Waals surface area contributed by atoms with Crippen molar-refractivity contribution in [2.75, 3.05) is 18.1 Å². The zero-order valence-corrected chi connectivity index (χ0v) is 15.7. The van der Waals surface area contributed by atoms with Crippen LogP contribution in [0.15, 0.2) is 60.2 Å². The third kappa shape index (κ3) is 4.54. The number of hydrogen-bond donors (Lipinski definition) is 0. The van der Waals surface area contributed by atoms with E-state index in [4.69, 9.17) is 4.74 Å². The number of ether oxygens (including phenoxy) is 1. The molecule has 1 aliphatic carbocycles. The normalized spacial score (nSPS) is 14.6. The summed E-state index contributed by atoms with van der Waals surface area (Å²) in [5, 5.41) is 0. The average Bonchev–Trinajstić information content (AvgIpc) is 2.60. The summed E-state index contributed by atoms with van der Waals surface area (Å²) >= 11 is 0. The van der Waals surface area contributed by atoms with Gasteiger partial charge in [-0.05, 0) is 56.5 Å². The van der Waals surface area contributed by atoms with Crippen molar-refractivity contribution in [3.05, 3.63) is 65.7 Å². The molecule has 0 atom stereocenters. The molecule has 2 aromatic rings. The van der Waals surface area contributed by atoms with Crippen molar-refractivity contribution in [1.82, 2.24) is 0 Å². The number of carbonyl (C=O) groups excluding carboxylic acids is 1. The van der Waals surface area contributed by atoms with Crippen molar-refractivity contribution in [3.63, 3.8) is 0 Å². The zero-order valence-electron chi connectivity index (χ0n) is 15.7. The van der Waals surface area contributed by atoms with Gasteiger partial charge in [0, 0.05) is 18.2 Å². The molecule has 1 saturated carbocycles. The molecule has 1 amide bonds. The zero-order chi connectivity index (χ0) is 18.4. The second kappa shape index (κ2) is 8.70. The number of amides is 1. The van der Waals surface area contributed by atoms with Crippen molar-refractivity contribution in [3.8, 4) is 5.75 Å². The van der Waals surface area contributed by atoms with Crippen LogP contribution < -0.4 is 9.64 Å². The molecule has 1 fully saturated rings. The van der Waals surface area contributed by atoms with Crippen LogP contribution in [-0.4, -0.2) is 19.1 Å². The Morgan fingerprint density at radius 2 is 1.81 bits per heavy atom. The Kier molecular flexibility index (Phi) is 6.11. The maximum Gasteiger partial charge on any atom is 0.230 e. The third-order valence-electron chi connectivity index (χ3n) is 4.80. The van der Waals surface area contributed by atoms with Crippen molar-refractivity contribution in [1.29, 1.82) is 0 Å². The lowest BCUT2D eigenvalue weighted by Crippen LogP contribution is -2.40. The highest BCUT2D eigenvalue weighted by Gasteiger charge is 2.30. The molecule has 0 spiro atoms. The van der Waals surface area contributed by atoms with Gasteiger partial charge in [0.2, 0.25) is 5.91 Å². The highest BCUT2D eigenvalue weighted by Crippen LogP contribution is 2.31. The average molecular weight is 349 g/mol. The summed E-state index contributed by atoms with van der Waals surface area (Å²) in [5.74, 6) is 1.25. The molecule has 2 aromatic carbocycles. The van der Waals surface area contributed by atoms with Gasteiger partial charge in [-0.1, -0.05) is 48.4 Å². The summed E-state index contributed by atoms with van der Waals surface area (Å²) in [4.78, 5) is 14.9. The standard InChI is InChI=1S/C23H27NO2/c1-3-26-22-14-12-21(13-15-22)24(23(25)20-10-7-11-20)17-18(2)16-19-8-5-4-6-9-19/h4-6,8-9,12-16,20H,3,7,10-11,17H2,1-2H3/b18-16+. The van der Waals surface area contributed by atoms with Gasteiger partial charge in [0.05, 0.1) is 6.61 Å². The van der Waals surface area contributed by atoms with Crippen LogP contribution >= 0.6 is 0 Å². The van der Waals surface area contributed by atoms with Gasteiger partial charge in [-0.25, -0.2) is 0 Å². The predicted molar refractivity (Wildman–Crippen MR) is 107 cm³/mol. The van der Waals surface area contributed by atoms with Crippen LogP contribution in [0.25, 0.3) is 6.08 Å². The van der Waals surface area contributed by atoms with Crippen molar-refractivity contribution >= 4 is 17.7 Å². The molecule has 0 aliphatic heterocycles. The maximum absolute atomic E-state index is 13.0. The minimum absolute atomic E-state index is 0.172. The van der Waals surface area contributed by atoms with E-state index in [1.54, 1.807) is 0 Å². The lowest BCUT2D eigenvalue weighted by Gasteiger charge is -2.32. The van der Waals surface area contributed by atoms with Gasteiger partial charge in [-0.2, -0.15) is 0 Å². The summed E-state index contributed by atoms with van der Waals surface area (Å²) in [6, 6.07) is 18.1. The largest absolute Gasteiger partial charge is 0.494 e. The monoisotopic (exact) mass is 349 g/mol. The molecule has 0 radical (unpaired) electrons. The fourth-order valence-corrected chi connectivity index (χ4v) is 3.19. The SMILES string of the molecule is CCOc1ccc(N(C/C(C)=C/c2ccccc2)C(=O)C2CCC2)cc1. The molecule has 3 nitrogen and oxygen atoms in total. The van der Waals surface area contributed by atoms with E-state index in [-0.39, 0.29) is 11.8 Å². The molecule has 0 heterocycles. The summed E-state index contributed by atoms with van der Waals surface area (Å²) in [6.07, 6.45) is 5.32. The van der Waals surface area contributed by atoms with Crippen LogP contribution in [0.5, 0.6) is 5.75 Å². The molecule has 0 N–H and O–H groups in total. The Balaban J connectivity index is 1.81. The summed E-state index contributed by atoms with van der Waals surface area (Å²) < 4.78 is 5.53. The van der Waals surface area contributed by atoms with Crippen molar-refractivity contribution in [2.24, 2.45) is 5.92 Å². The van der Waals surface area contributed by atoms with Crippen LogP contribution in [0, 0.1) is 5.92 Å². The fourth-order valence-electron chi connectivity index (χ4n) is 3.19. The molecule has 0 bridgehead atoms. The smallest absolute Gasteiger partial charge is 0.230 e.